The normalized spacial score (nSPS) is 29.3. The van der Waals surface area contributed by atoms with E-state index in [2.05, 4.69) is 15.4 Å². The third-order valence-electron chi connectivity index (χ3n) is 3.53. The zero-order valence-corrected chi connectivity index (χ0v) is 9.52. The average Bonchev–Trinajstić information content (AvgIpc) is 2.86. The highest BCUT2D eigenvalue weighted by Gasteiger charge is 2.21. The zero-order chi connectivity index (χ0) is 11.0. The maximum Gasteiger partial charge on any atom is 0.152 e. The first-order valence-corrected chi connectivity index (χ1v) is 6.23. The molecule has 0 aromatic carbocycles. The molecule has 1 aromatic heterocycles. The molecule has 1 aromatic rings. The Morgan fingerprint density at radius 1 is 1.44 bits per heavy atom. The molecule has 2 aliphatic heterocycles. The highest BCUT2D eigenvalue weighted by atomic mass is 15.4. The zero-order valence-electron chi connectivity index (χ0n) is 9.52. The second-order valence-corrected chi connectivity index (χ2v) is 4.92. The number of hydrogen-bond donors (Lipinski definition) is 2. The smallest absolute Gasteiger partial charge is 0.152 e. The Hall–Kier alpha value is -0.940. The summed E-state index contributed by atoms with van der Waals surface area (Å²) in [5.41, 5.74) is 5.92. The molecule has 88 valence electrons. The number of fused-ring (bicyclic) bond motifs is 1. The van der Waals surface area contributed by atoms with Crippen molar-refractivity contribution < 1.29 is 0 Å². The summed E-state index contributed by atoms with van der Waals surface area (Å²) in [7, 11) is 0. The molecular weight excluding hydrogens is 202 g/mol. The predicted molar refractivity (Wildman–Crippen MR) is 61.0 cm³/mol. The fraction of sp³-hybridized carbons (Fsp3) is 0.818. The fourth-order valence-electron chi connectivity index (χ4n) is 2.62. The molecular formula is C11H19N5. The van der Waals surface area contributed by atoms with Crippen molar-refractivity contribution in [1.29, 1.82) is 0 Å². The molecule has 5 heteroatoms. The molecule has 2 unspecified atom stereocenters. The molecule has 0 amide bonds. The lowest BCUT2D eigenvalue weighted by Gasteiger charge is -2.17. The van der Waals surface area contributed by atoms with Crippen molar-refractivity contribution in [3.05, 3.63) is 11.6 Å². The molecule has 0 spiro atoms. The van der Waals surface area contributed by atoms with Gasteiger partial charge in [-0.25, -0.2) is 9.67 Å². The van der Waals surface area contributed by atoms with E-state index in [1.165, 1.54) is 12.8 Å². The summed E-state index contributed by atoms with van der Waals surface area (Å²) < 4.78 is 2.00. The molecule has 5 nitrogen and oxygen atoms in total. The van der Waals surface area contributed by atoms with Gasteiger partial charge in [0.15, 0.2) is 5.82 Å². The van der Waals surface area contributed by atoms with E-state index in [4.69, 9.17) is 5.73 Å². The van der Waals surface area contributed by atoms with Crippen molar-refractivity contribution in [2.24, 2.45) is 5.73 Å². The third kappa shape index (κ3) is 1.97. The number of hydrogen-bond acceptors (Lipinski definition) is 4. The molecule has 3 rings (SSSR count). The first kappa shape index (κ1) is 10.2. The quantitative estimate of drug-likeness (QED) is 0.728. The lowest BCUT2D eigenvalue weighted by molar-refractivity contribution is 0.420. The second kappa shape index (κ2) is 4.14. The van der Waals surface area contributed by atoms with Crippen molar-refractivity contribution in [3.8, 4) is 0 Å². The van der Waals surface area contributed by atoms with Crippen LogP contribution in [0.4, 0.5) is 0 Å². The van der Waals surface area contributed by atoms with E-state index >= 15 is 0 Å². The summed E-state index contributed by atoms with van der Waals surface area (Å²) in [6.45, 7) is 1.98. The monoisotopic (exact) mass is 221 g/mol. The lowest BCUT2D eigenvalue weighted by Crippen LogP contribution is -2.32. The van der Waals surface area contributed by atoms with Crippen LogP contribution in [-0.4, -0.2) is 33.4 Å². The maximum atomic E-state index is 5.92. The van der Waals surface area contributed by atoms with Crippen molar-refractivity contribution in [2.75, 3.05) is 6.54 Å². The van der Waals surface area contributed by atoms with Gasteiger partial charge in [-0.05, 0) is 25.8 Å². The van der Waals surface area contributed by atoms with E-state index in [0.29, 0.717) is 6.04 Å². The van der Waals surface area contributed by atoms with Crippen LogP contribution in [0.2, 0.25) is 0 Å². The van der Waals surface area contributed by atoms with E-state index in [1.807, 2.05) is 4.68 Å². The van der Waals surface area contributed by atoms with Crippen LogP contribution in [0.5, 0.6) is 0 Å². The van der Waals surface area contributed by atoms with Crippen LogP contribution in [0, 0.1) is 0 Å². The number of rotatable bonds is 2. The first-order chi connectivity index (χ1) is 7.81. The molecule has 1 saturated heterocycles. The van der Waals surface area contributed by atoms with E-state index in [-0.39, 0.29) is 6.04 Å². The van der Waals surface area contributed by atoms with E-state index < -0.39 is 0 Å². The number of nitrogens with one attached hydrogen (secondary N) is 1. The summed E-state index contributed by atoms with van der Waals surface area (Å²) in [4.78, 5) is 4.61. The summed E-state index contributed by atoms with van der Waals surface area (Å²) in [6, 6.07) is 0.838. The van der Waals surface area contributed by atoms with Crippen molar-refractivity contribution in [1.82, 2.24) is 20.1 Å². The summed E-state index contributed by atoms with van der Waals surface area (Å²) in [6.07, 6.45) is 5.52. The van der Waals surface area contributed by atoms with Crippen molar-refractivity contribution >= 4 is 0 Å². The van der Waals surface area contributed by atoms with Crippen LogP contribution in [0.25, 0.3) is 0 Å². The molecule has 0 saturated carbocycles. The number of aryl methyl sites for hydroxylation is 1. The molecule has 2 atom stereocenters. The van der Waals surface area contributed by atoms with Gasteiger partial charge < -0.3 is 11.1 Å². The van der Waals surface area contributed by atoms with Gasteiger partial charge in [0, 0.05) is 24.9 Å². The van der Waals surface area contributed by atoms with Gasteiger partial charge in [0.2, 0.25) is 0 Å². The van der Waals surface area contributed by atoms with Crippen LogP contribution in [0.1, 0.15) is 30.9 Å². The highest BCUT2D eigenvalue weighted by molar-refractivity contribution is 5.00. The van der Waals surface area contributed by atoms with Crippen LogP contribution >= 0.6 is 0 Å². The molecule has 1 fully saturated rings. The topological polar surface area (TPSA) is 68.8 Å². The van der Waals surface area contributed by atoms with Gasteiger partial charge in [-0.15, -0.1) is 0 Å². The van der Waals surface area contributed by atoms with Crippen LogP contribution in [0.3, 0.4) is 0 Å². The minimum Gasteiger partial charge on any atom is -0.326 e. The minimum absolute atomic E-state index is 0.256. The Balaban J connectivity index is 1.71. The van der Waals surface area contributed by atoms with E-state index in [0.717, 1.165) is 44.0 Å². The van der Waals surface area contributed by atoms with Gasteiger partial charge in [0.05, 0.1) is 6.54 Å². The Kier molecular flexibility index (Phi) is 2.65. The van der Waals surface area contributed by atoms with Gasteiger partial charge in [0.25, 0.3) is 0 Å². The Morgan fingerprint density at radius 2 is 2.38 bits per heavy atom. The standard InChI is InChI=1S/C11H19N5/c12-8-3-4-11-14-10(15-16(11)7-8)6-9-2-1-5-13-9/h8-9,13H,1-7,12H2. The SMILES string of the molecule is NC1CCc2nc(CC3CCCN3)nn2C1. The minimum atomic E-state index is 0.256. The maximum absolute atomic E-state index is 5.92. The van der Waals surface area contributed by atoms with Crippen molar-refractivity contribution in [3.63, 3.8) is 0 Å². The van der Waals surface area contributed by atoms with Gasteiger partial charge in [-0.2, -0.15) is 5.10 Å². The molecule has 3 N–H and O–H groups in total. The molecule has 0 aliphatic carbocycles. The third-order valence-corrected chi connectivity index (χ3v) is 3.53. The van der Waals surface area contributed by atoms with Crippen LogP contribution in [-0.2, 0) is 19.4 Å². The van der Waals surface area contributed by atoms with Gasteiger partial charge in [-0.3, -0.25) is 0 Å². The molecule has 2 aliphatic rings. The summed E-state index contributed by atoms with van der Waals surface area (Å²) in [5, 5.41) is 8.03. The second-order valence-electron chi connectivity index (χ2n) is 4.92. The lowest BCUT2D eigenvalue weighted by atomic mass is 10.1. The molecule has 0 radical (unpaired) electrons. The Morgan fingerprint density at radius 3 is 3.19 bits per heavy atom. The molecule has 3 heterocycles. The highest BCUT2D eigenvalue weighted by Crippen LogP contribution is 2.14. The van der Waals surface area contributed by atoms with E-state index in [9.17, 15) is 0 Å². The molecule has 0 bridgehead atoms. The Bertz CT molecular complexity index is 366. The van der Waals surface area contributed by atoms with Crippen molar-refractivity contribution in [2.45, 2.75) is 50.7 Å². The summed E-state index contributed by atoms with van der Waals surface area (Å²) >= 11 is 0. The number of aromatic nitrogens is 3. The number of nitrogens with two attached hydrogens (primary N) is 1. The fourth-order valence-corrected chi connectivity index (χ4v) is 2.62. The Labute approximate surface area is 95.4 Å². The largest absolute Gasteiger partial charge is 0.326 e. The van der Waals surface area contributed by atoms with Crippen LogP contribution in [0.15, 0.2) is 0 Å². The number of nitrogens with zero attached hydrogens (tertiary/aromatic N) is 3. The first-order valence-electron chi connectivity index (χ1n) is 6.23. The predicted octanol–water partition coefficient (Wildman–Crippen LogP) is -0.154. The van der Waals surface area contributed by atoms with Crippen LogP contribution < -0.4 is 11.1 Å². The molecule has 16 heavy (non-hydrogen) atoms. The van der Waals surface area contributed by atoms with E-state index in [1.54, 1.807) is 0 Å². The average molecular weight is 221 g/mol. The van der Waals surface area contributed by atoms with Gasteiger partial charge in [0.1, 0.15) is 5.82 Å². The van der Waals surface area contributed by atoms with Gasteiger partial charge >= 0.3 is 0 Å². The van der Waals surface area contributed by atoms with Gasteiger partial charge in [-0.1, -0.05) is 0 Å². The summed E-state index contributed by atoms with van der Waals surface area (Å²) in [5.74, 6) is 2.11.